The largest absolute Gasteiger partial charge is 0.351 e. The molecule has 3 N–H and O–H groups in total. The van der Waals surface area contributed by atoms with E-state index in [1.165, 1.54) is 12.1 Å². The smallest absolute Gasteiger partial charge is 0.251 e. The number of amides is 1. The highest BCUT2D eigenvalue weighted by Gasteiger charge is 2.13. The Bertz CT molecular complexity index is 660. The predicted octanol–water partition coefficient (Wildman–Crippen LogP) is -0.168. The summed E-state index contributed by atoms with van der Waals surface area (Å²) in [5, 5.41) is 6.00. The molecule has 1 amide bonds. The van der Waals surface area contributed by atoms with Gasteiger partial charge in [-0.25, -0.2) is 12.8 Å². The third-order valence-corrected chi connectivity index (χ3v) is 4.04. The molecule has 1 saturated heterocycles. The number of nitrogens with one attached hydrogen (secondary N) is 3. The second-order valence-electron chi connectivity index (χ2n) is 5.42. The van der Waals surface area contributed by atoms with Crippen LogP contribution in [0.4, 0.5) is 10.1 Å². The lowest BCUT2D eigenvalue weighted by Crippen LogP contribution is -2.46. The third-order valence-electron chi connectivity index (χ3n) is 3.45. The fourth-order valence-electron chi connectivity index (χ4n) is 2.31. The van der Waals surface area contributed by atoms with Gasteiger partial charge in [0, 0.05) is 44.8 Å². The Morgan fingerprint density at radius 2 is 2.04 bits per heavy atom. The molecule has 0 spiro atoms. The van der Waals surface area contributed by atoms with Gasteiger partial charge in [-0.3, -0.25) is 14.4 Å². The van der Waals surface area contributed by atoms with E-state index >= 15 is 0 Å². The normalized spacial score (nSPS) is 16.1. The second kappa shape index (κ2) is 7.71. The molecular formula is C14H21FN4O3S. The first-order valence-corrected chi connectivity index (χ1v) is 9.23. The van der Waals surface area contributed by atoms with Gasteiger partial charge in [0.15, 0.2) is 0 Å². The summed E-state index contributed by atoms with van der Waals surface area (Å²) in [4.78, 5) is 14.3. The SMILES string of the molecule is CS(=O)(=O)Nc1cc(C(=O)NCCN2CCNCC2)ccc1F. The maximum absolute atomic E-state index is 13.6. The summed E-state index contributed by atoms with van der Waals surface area (Å²) >= 11 is 0. The highest BCUT2D eigenvalue weighted by molar-refractivity contribution is 7.92. The zero-order valence-corrected chi connectivity index (χ0v) is 13.7. The number of benzene rings is 1. The van der Waals surface area contributed by atoms with Gasteiger partial charge in [0.05, 0.1) is 11.9 Å². The number of rotatable bonds is 6. The Hall–Kier alpha value is -1.71. The van der Waals surface area contributed by atoms with E-state index in [1.54, 1.807) is 0 Å². The van der Waals surface area contributed by atoms with Gasteiger partial charge in [-0.2, -0.15) is 0 Å². The Labute approximate surface area is 135 Å². The Balaban J connectivity index is 1.92. The second-order valence-corrected chi connectivity index (χ2v) is 7.16. The van der Waals surface area contributed by atoms with Gasteiger partial charge in [0.1, 0.15) is 5.82 Å². The van der Waals surface area contributed by atoms with E-state index in [4.69, 9.17) is 0 Å². The van der Waals surface area contributed by atoms with Crippen LogP contribution in [0, 0.1) is 5.82 Å². The van der Waals surface area contributed by atoms with Crippen LogP contribution in [0.5, 0.6) is 0 Å². The van der Waals surface area contributed by atoms with E-state index in [9.17, 15) is 17.6 Å². The van der Waals surface area contributed by atoms with Crippen LogP contribution in [0.2, 0.25) is 0 Å². The van der Waals surface area contributed by atoms with Crippen LogP contribution in [-0.2, 0) is 10.0 Å². The molecule has 1 aromatic rings. The van der Waals surface area contributed by atoms with Crippen LogP contribution in [-0.4, -0.2) is 64.7 Å². The zero-order valence-electron chi connectivity index (χ0n) is 12.9. The highest BCUT2D eigenvalue weighted by atomic mass is 32.2. The number of halogens is 1. The first-order valence-electron chi connectivity index (χ1n) is 7.34. The number of carbonyl (C=O) groups is 1. The summed E-state index contributed by atoms with van der Waals surface area (Å²) < 4.78 is 38.0. The fourth-order valence-corrected chi connectivity index (χ4v) is 2.86. The number of hydrogen-bond acceptors (Lipinski definition) is 5. The summed E-state index contributed by atoms with van der Waals surface area (Å²) in [5.74, 6) is -1.09. The lowest BCUT2D eigenvalue weighted by molar-refractivity contribution is 0.0947. The van der Waals surface area contributed by atoms with Gasteiger partial charge in [0.2, 0.25) is 10.0 Å². The van der Waals surface area contributed by atoms with Crippen LogP contribution in [0.15, 0.2) is 18.2 Å². The monoisotopic (exact) mass is 344 g/mol. The molecule has 0 atom stereocenters. The molecule has 2 rings (SSSR count). The topological polar surface area (TPSA) is 90.5 Å². The molecule has 0 saturated carbocycles. The van der Waals surface area contributed by atoms with Crippen LogP contribution in [0.1, 0.15) is 10.4 Å². The van der Waals surface area contributed by atoms with E-state index in [0.29, 0.717) is 6.54 Å². The summed E-state index contributed by atoms with van der Waals surface area (Å²) in [5.41, 5.74) is -0.0277. The van der Waals surface area contributed by atoms with Gasteiger partial charge >= 0.3 is 0 Å². The van der Waals surface area contributed by atoms with E-state index in [2.05, 4.69) is 20.3 Å². The minimum Gasteiger partial charge on any atom is -0.351 e. The first kappa shape index (κ1) is 17.6. The Morgan fingerprint density at radius 1 is 1.35 bits per heavy atom. The third kappa shape index (κ3) is 5.77. The summed E-state index contributed by atoms with van der Waals surface area (Å²) in [6, 6.07) is 3.58. The van der Waals surface area contributed by atoms with Gasteiger partial charge in [-0.1, -0.05) is 0 Å². The Kier molecular flexibility index (Phi) is 5.91. The number of anilines is 1. The van der Waals surface area contributed by atoms with Gasteiger partial charge < -0.3 is 10.6 Å². The molecule has 1 aliphatic rings. The van der Waals surface area contributed by atoms with E-state index in [1.807, 2.05) is 0 Å². The number of hydrogen-bond donors (Lipinski definition) is 3. The van der Waals surface area contributed by atoms with E-state index < -0.39 is 15.8 Å². The molecule has 128 valence electrons. The van der Waals surface area contributed by atoms with Crippen molar-refractivity contribution in [2.24, 2.45) is 0 Å². The molecule has 0 radical (unpaired) electrons. The van der Waals surface area contributed by atoms with Crippen LogP contribution < -0.4 is 15.4 Å². The minimum atomic E-state index is -3.61. The summed E-state index contributed by atoms with van der Waals surface area (Å²) in [6.45, 7) is 4.97. The van der Waals surface area contributed by atoms with Crippen LogP contribution in [0.25, 0.3) is 0 Å². The zero-order chi connectivity index (χ0) is 16.9. The molecule has 0 aromatic heterocycles. The standard InChI is InChI=1S/C14H21FN4O3S/c1-23(21,22)18-13-10-11(2-3-12(13)15)14(20)17-6-9-19-7-4-16-5-8-19/h2-3,10,16,18H,4-9H2,1H3,(H,17,20). The number of sulfonamides is 1. The molecule has 9 heteroatoms. The minimum absolute atomic E-state index is 0.206. The summed E-state index contributed by atoms with van der Waals surface area (Å²) in [6.07, 6.45) is 0.923. The molecule has 1 fully saturated rings. The highest BCUT2D eigenvalue weighted by Crippen LogP contribution is 2.17. The first-order chi connectivity index (χ1) is 10.8. The molecule has 1 heterocycles. The predicted molar refractivity (Wildman–Crippen MR) is 86.5 cm³/mol. The van der Waals surface area contributed by atoms with Crippen molar-refractivity contribution >= 4 is 21.6 Å². The maximum Gasteiger partial charge on any atom is 0.251 e. The van der Waals surface area contributed by atoms with Gasteiger partial charge in [0.25, 0.3) is 5.91 Å². The molecule has 1 aliphatic heterocycles. The number of nitrogens with zero attached hydrogens (tertiary/aromatic N) is 1. The lowest BCUT2D eigenvalue weighted by atomic mass is 10.2. The number of carbonyl (C=O) groups excluding carboxylic acids is 1. The van der Waals surface area contributed by atoms with Crippen LogP contribution >= 0.6 is 0 Å². The van der Waals surface area contributed by atoms with E-state index in [-0.39, 0.29) is 17.2 Å². The fraction of sp³-hybridized carbons (Fsp3) is 0.500. The van der Waals surface area contributed by atoms with Crippen molar-refractivity contribution in [2.45, 2.75) is 0 Å². The Morgan fingerprint density at radius 3 is 2.70 bits per heavy atom. The average Bonchev–Trinajstić information content (AvgIpc) is 2.49. The molecule has 7 nitrogen and oxygen atoms in total. The molecule has 0 bridgehead atoms. The van der Waals surface area contributed by atoms with Crippen molar-refractivity contribution in [1.82, 2.24) is 15.5 Å². The summed E-state index contributed by atoms with van der Waals surface area (Å²) in [7, 11) is -3.61. The van der Waals surface area contributed by atoms with Crippen LogP contribution in [0.3, 0.4) is 0 Å². The lowest BCUT2D eigenvalue weighted by Gasteiger charge is -2.27. The van der Waals surface area contributed by atoms with Crippen molar-refractivity contribution in [3.63, 3.8) is 0 Å². The molecular weight excluding hydrogens is 323 g/mol. The molecule has 0 aliphatic carbocycles. The quantitative estimate of drug-likeness (QED) is 0.667. The number of piperazine rings is 1. The van der Waals surface area contributed by atoms with Crippen molar-refractivity contribution in [3.05, 3.63) is 29.6 Å². The van der Waals surface area contributed by atoms with E-state index in [0.717, 1.165) is 45.0 Å². The molecule has 1 aromatic carbocycles. The maximum atomic E-state index is 13.6. The van der Waals surface area contributed by atoms with Crippen molar-refractivity contribution in [2.75, 3.05) is 50.2 Å². The van der Waals surface area contributed by atoms with Crippen molar-refractivity contribution in [1.29, 1.82) is 0 Å². The van der Waals surface area contributed by atoms with Crippen molar-refractivity contribution < 1.29 is 17.6 Å². The molecule has 0 unspecified atom stereocenters. The van der Waals surface area contributed by atoms with Gasteiger partial charge in [-0.05, 0) is 18.2 Å². The van der Waals surface area contributed by atoms with Crippen molar-refractivity contribution in [3.8, 4) is 0 Å². The molecule has 23 heavy (non-hydrogen) atoms. The average molecular weight is 344 g/mol. The van der Waals surface area contributed by atoms with Gasteiger partial charge in [-0.15, -0.1) is 0 Å².